The first-order valence-electron chi connectivity index (χ1n) is 8.81. The average molecular weight is 373 g/mol. The second-order valence-electron chi connectivity index (χ2n) is 6.34. The number of hydrogen-bond donors (Lipinski definition) is 0. The molecule has 0 amide bonds. The number of hydrogen-bond acceptors (Lipinski definition) is 3. The molecule has 0 saturated carbocycles. The van der Waals surface area contributed by atoms with Gasteiger partial charge in [-0.2, -0.15) is 0 Å². The summed E-state index contributed by atoms with van der Waals surface area (Å²) in [6.07, 6.45) is 3.16. The van der Waals surface area contributed by atoms with Gasteiger partial charge in [-0.3, -0.25) is 4.79 Å². The van der Waals surface area contributed by atoms with Crippen LogP contribution in [-0.4, -0.2) is 43.4 Å². The summed E-state index contributed by atoms with van der Waals surface area (Å²) in [4.78, 5) is 16.7. The number of ketones is 1. The lowest BCUT2D eigenvalue weighted by molar-refractivity contribution is 0.104. The van der Waals surface area contributed by atoms with Crippen molar-refractivity contribution in [3.05, 3.63) is 70.5 Å². The van der Waals surface area contributed by atoms with Crippen LogP contribution in [0.4, 0.5) is 10.1 Å². The zero-order valence-electron chi connectivity index (χ0n) is 14.8. The van der Waals surface area contributed by atoms with Crippen molar-refractivity contribution in [1.29, 1.82) is 0 Å². The number of benzene rings is 2. The minimum Gasteiger partial charge on any atom is -0.367 e. The van der Waals surface area contributed by atoms with Gasteiger partial charge in [0.1, 0.15) is 5.82 Å². The molecule has 0 spiro atoms. The van der Waals surface area contributed by atoms with Crippen molar-refractivity contribution in [2.24, 2.45) is 0 Å². The molecule has 0 aliphatic carbocycles. The van der Waals surface area contributed by atoms with Crippen LogP contribution in [0.25, 0.3) is 6.08 Å². The Morgan fingerprint density at radius 1 is 1.12 bits per heavy atom. The molecule has 3 rings (SSSR count). The molecule has 0 radical (unpaired) electrons. The van der Waals surface area contributed by atoms with Gasteiger partial charge in [0.15, 0.2) is 5.78 Å². The molecule has 2 aromatic rings. The summed E-state index contributed by atoms with van der Waals surface area (Å²) in [7, 11) is 0. The van der Waals surface area contributed by atoms with Crippen LogP contribution >= 0.6 is 11.6 Å². The van der Waals surface area contributed by atoms with E-state index < -0.39 is 0 Å². The lowest BCUT2D eigenvalue weighted by Crippen LogP contribution is -2.46. The van der Waals surface area contributed by atoms with E-state index in [2.05, 4.69) is 11.8 Å². The molecule has 1 aliphatic heterocycles. The highest BCUT2D eigenvalue weighted by atomic mass is 35.5. The number of halogens is 2. The Balaban J connectivity index is 1.68. The first-order valence-corrected chi connectivity index (χ1v) is 9.19. The van der Waals surface area contributed by atoms with Crippen LogP contribution in [0.3, 0.4) is 0 Å². The summed E-state index contributed by atoms with van der Waals surface area (Å²) in [6, 6.07) is 11.9. The van der Waals surface area contributed by atoms with E-state index in [9.17, 15) is 9.18 Å². The maximum Gasteiger partial charge on any atom is 0.185 e. The van der Waals surface area contributed by atoms with Crippen LogP contribution in [0.5, 0.6) is 0 Å². The lowest BCUT2D eigenvalue weighted by Gasteiger charge is -2.35. The van der Waals surface area contributed by atoms with Crippen LogP contribution in [-0.2, 0) is 0 Å². The van der Waals surface area contributed by atoms with Crippen molar-refractivity contribution in [1.82, 2.24) is 4.90 Å². The normalized spacial score (nSPS) is 15.6. The minimum atomic E-state index is -0.347. The number of piperazine rings is 1. The quantitative estimate of drug-likeness (QED) is 0.569. The summed E-state index contributed by atoms with van der Waals surface area (Å²) in [5.41, 5.74) is 1.79. The van der Waals surface area contributed by atoms with Gasteiger partial charge < -0.3 is 9.80 Å². The maximum atomic E-state index is 14.5. The van der Waals surface area contributed by atoms with E-state index in [0.717, 1.165) is 38.3 Å². The van der Waals surface area contributed by atoms with Gasteiger partial charge in [0, 0.05) is 36.8 Å². The predicted octanol–water partition coefficient (Wildman–Crippen LogP) is 4.52. The number of allylic oxidation sites excluding steroid dienone is 1. The summed E-state index contributed by atoms with van der Waals surface area (Å²) in [5, 5.41) is 0.644. The van der Waals surface area contributed by atoms with Gasteiger partial charge in [0.05, 0.1) is 5.69 Å². The standard InChI is InChI=1S/C21H22ClFN2O/c1-2-24-11-13-25(14-12-24)20-9-6-17(15-19(20)23)21(26)10-5-16-3-7-18(22)8-4-16/h3-10,15H,2,11-14H2,1H3/b10-5+. The van der Waals surface area contributed by atoms with Gasteiger partial charge >= 0.3 is 0 Å². The number of anilines is 1. The molecule has 0 atom stereocenters. The molecule has 1 heterocycles. The molecule has 0 aromatic heterocycles. The van der Waals surface area contributed by atoms with Gasteiger partial charge in [0.25, 0.3) is 0 Å². The van der Waals surface area contributed by atoms with Crippen molar-refractivity contribution < 1.29 is 9.18 Å². The molecule has 0 N–H and O–H groups in total. The Labute approximate surface area is 158 Å². The molecular weight excluding hydrogens is 351 g/mol. The van der Waals surface area contributed by atoms with E-state index in [0.29, 0.717) is 16.3 Å². The zero-order chi connectivity index (χ0) is 18.5. The maximum absolute atomic E-state index is 14.5. The average Bonchev–Trinajstić information content (AvgIpc) is 2.67. The molecule has 1 fully saturated rings. The second-order valence-corrected chi connectivity index (χ2v) is 6.77. The Morgan fingerprint density at radius 2 is 1.81 bits per heavy atom. The summed E-state index contributed by atoms with van der Waals surface area (Å²) < 4.78 is 14.5. The zero-order valence-corrected chi connectivity index (χ0v) is 15.5. The van der Waals surface area contributed by atoms with Gasteiger partial charge in [0.2, 0.25) is 0 Å². The van der Waals surface area contributed by atoms with Crippen LogP contribution < -0.4 is 4.90 Å². The van der Waals surface area contributed by atoms with Gasteiger partial charge in [-0.05, 0) is 48.5 Å². The fraction of sp³-hybridized carbons (Fsp3) is 0.286. The van der Waals surface area contributed by atoms with Crippen LogP contribution in [0.1, 0.15) is 22.8 Å². The van der Waals surface area contributed by atoms with Crippen molar-refractivity contribution >= 4 is 29.1 Å². The number of rotatable bonds is 5. The molecular formula is C21H22ClFN2O. The third-order valence-electron chi connectivity index (χ3n) is 4.69. The third kappa shape index (κ3) is 4.51. The number of likely N-dealkylation sites (N-methyl/N-ethyl adjacent to an activating group) is 1. The second kappa shape index (κ2) is 8.47. The predicted molar refractivity (Wildman–Crippen MR) is 106 cm³/mol. The van der Waals surface area contributed by atoms with Crippen LogP contribution in [0.15, 0.2) is 48.5 Å². The first kappa shape index (κ1) is 18.6. The summed E-state index contributed by atoms with van der Waals surface area (Å²) in [6.45, 7) is 6.61. The highest BCUT2D eigenvalue weighted by molar-refractivity contribution is 6.30. The Hall–Kier alpha value is -2.17. The van der Waals surface area contributed by atoms with Gasteiger partial charge in [-0.25, -0.2) is 4.39 Å². The smallest absolute Gasteiger partial charge is 0.185 e. The molecule has 2 aromatic carbocycles. The molecule has 26 heavy (non-hydrogen) atoms. The highest BCUT2D eigenvalue weighted by Crippen LogP contribution is 2.22. The molecule has 136 valence electrons. The fourth-order valence-electron chi connectivity index (χ4n) is 3.06. The third-order valence-corrected chi connectivity index (χ3v) is 4.94. The monoisotopic (exact) mass is 372 g/mol. The van der Waals surface area contributed by atoms with Crippen molar-refractivity contribution in [2.75, 3.05) is 37.6 Å². The highest BCUT2D eigenvalue weighted by Gasteiger charge is 2.19. The Kier molecular flexibility index (Phi) is 6.07. The molecule has 0 bridgehead atoms. The van der Waals surface area contributed by atoms with E-state index in [1.807, 2.05) is 17.0 Å². The van der Waals surface area contributed by atoms with Gasteiger partial charge in [-0.1, -0.05) is 36.7 Å². The van der Waals surface area contributed by atoms with E-state index in [4.69, 9.17) is 11.6 Å². The number of nitrogens with zero attached hydrogens (tertiary/aromatic N) is 2. The largest absolute Gasteiger partial charge is 0.367 e. The van der Waals surface area contributed by atoms with Gasteiger partial charge in [-0.15, -0.1) is 0 Å². The lowest BCUT2D eigenvalue weighted by atomic mass is 10.1. The Morgan fingerprint density at radius 3 is 2.42 bits per heavy atom. The number of carbonyl (C=O) groups excluding carboxylic acids is 1. The van der Waals surface area contributed by atoms with Crippen molar-refractivity contribution in [3.8, 4) is 0 Å². The SMILES string of the molecule is CCN1CCN(c2ccc(C(=O)/C=C/c3ccc(Cl)cc3)cc2F)CC1. The molecule has 1 saturated heterocycles. The van der Waals surface area contributed by atoms with Crippen LogP contribution in [0, 0.1) is 5.82 Å². The van der Waals surface area contributed by atoms with Crippen molar-refractivity contribution in [3.63, 3.8) is 0 Å². The van der Waals surface area contributed by atoms with E-state index in [1.54, 1.807) is 30.3 Å². The molecule has 0 unspecified atom stereocenters. The first-order chi connectivity index (χ1) is 12.6. The topological polar surface area (TPSA) is 23.6 Å². The van der Waals surface area contributed by atoms with E-state index >= 15 is 0 Å². The van der Waals surface area contributed by atoms with Crippen molar-refractivity contribution in [2.45, 2.75) is 6.92 Å². The molecule has 5 heteroatoms. The van der Waals surface area contributed by atoms with E-state index in [1.165, 1.54) is 12.1 Å². The fourth-order valence-corrected chi connectivity index (χ4v) is 3.19. The Bertz CT molecular complexity index is 796. The van der Waals surface area contributed by atoms with Crippen LogP contribution in [0.2, 0.25) is 5.02 Å². The summed E-state index contributed by atoms with van der Waals surface area (Å²) in [5.74, 6) is -0.568. The van der Waals surface area contributed by atoms with E-state index in [-0.39, 0.29) is 11.6 Å². The molecule has 3 nitrogen and oxygen atoms in total. The minimum absolute atomic E-state index is 0.221. The molecule has 1 aliphatic rings. The number of carbonyl (C=O) groups is 1. The summed E-state index contributed by atoms with van der Waals surface area (Å²) >= 11 is 5.84.